The van der Waals surface area contributed by atoms with E-state index in [0.29, 0.717) is 22.5 Å². The number of para-hydroxylation sites is 2. The fourth-order valence-corrected chi connectivity index (χ4v) is 3.79. The number of nitrogens with zero attached hydrogens (tertiary/aromatic N) is 2. The van der Waals surface area contributed by atoms with Gasteiger partial charge in [-0.15, -0.1) is 0 Å². The maximum atomic E-state index is 13.1. The van der Waals surface area contributed by atoms with Crippen LogP contribution < -0.4 is 0 Å². The number of carbonyl (C=O) groups excluding carboxylic acids is 3. The van der Waals surface area contributed by atoms with E-state index in [1.165, 1.54) is 6.07 Å². The molecule has 6 nitrogen and oxygen atoms in total. The Morgan fingerprint density at radius 2 is 1.39 bits per heavy atom. The van der Waals surface area contributed by atoms with Crippen LogP contribution in [-0.4, -0.2) is 27.5 Å². The van der Waals surface area contributed by atoms with Crippen LogP contribution in [0.3, 0.4) is 0 Å². The SMILES string of the molecule is Cc1nc2ccccc2nc1COC(=O)c1cccc2c1C(=O)c1ccccc1C2=O. The molecule has 0 amide bonds. The molecule has 0 saturated heterocycles. The Morgan fingerprint density at radius 1 is 0.774 bits per heavy atom. The fourth-order valence-electron chi connectivity index (χ4n) is 3.79. The lowest BCUT2D eigenvalue weighted by Crippen LogP contribution is -2.24. The largest absolute Gasteiger partial charge is 0.455 e. The highest BCUT2D eigenvalue weighted by Gasteiger charge is 2.33. The minimum Gasteiger partial charge on any atom is -0.455 e. The number of aromatic nitrogens is 2. The first kappa shape index (κ1) is 18.8. The Bertz CT molecular complexity index is 1410. The molecule has 5 rings (SSSR count). The van der Waals surface area contributed by atoms with Gasteiger partial charge in [-0.05, 0) is 25.1 Å². The summed E-state index contributed by atoms with van der Waals surface area (Å²) in [6, 6.07) is 18.7. The van der Waals surface area contributed by atoms with E-state index in [-0.39, 0.29) is 40.4 Å². The van der Waals surface area contributed by atoms with Crippen molar-refractivity contribution < 1.29 is 19.1 Å². The molecule has 0 spiro atoms. The lowest BCUT2D eigenvalue weighted by atomic mass is 9.82. The highest BCUT2D eigenvalue weighted by atomic mass is 16.5. The van der Waals surface area contributed by atoms with Crippen LogP contribution in [0.4, 0.5) is 0 Å². The third kappa shape index (κ3) is 3.09. The minimum absolute atomic E-state index is 0.0664. The van der Waals surface area contributed by atoms with Crippen molar-refractivity contribution in [2.75, 3.05) is 0 Å². The van der Waals surface area contributed by atoms with Gasteiger partial charge in [0.05, 0.1) is 28.0 Å². The number of carbonyl (C=O) groups is 3. The number of aryl methyl sites for hydroxylation is 1. The molecular weight excluding hydrogens is 392 g/mol. The maximum absolute atomic E-state index is 13.1. The van der Waals surface area contributed by atoms with Crippen LogP contribution in [0, 0.1) is 6.92 Å². The number of fused-ring (bicyclic) bond motifs is 3. The lowest BCUT2D eigenvalue weighted by molar-refractivity contribution is 0.0464. The topological polar surface area (TPSA) is 86.2 Å². The molecule has 0 N–H and O–H groups in total. The predicted molar refractivity (Wildman–Crippen MR) is 113 cm³/mol. The Kier molecular flexibility index (Phi) is 4.40. The van der Waals surface area contributed by atoms with Gasteiger partial charge in [-0.3, -0.25) is 9.59 Å². The molecule has 1 aromatic heterocycles. The van der Waals surface area contributed by atoms with Gasteiger partial charge in [-0.1, -0.05) is 48.5 Å². The molecule has 0 unspecified atom stereocenters. The zero-order valence-electron chi connectivity index (χ0n) is 16.6. The van der Waals surface area contributed by atoms with Crippen molar-refractivity contribution in [3.8, 4) is 0 Å². The van der Waals surface area contributed by atoms with Gasteiger partial charge in [0.15, 0.2) is 11.6 Å². The standard InChI is InChI=1S/C25H16N2O4/c1-14-21(27-20-12-5-4-11-19(20)26-14)13-31-25(30)18-10-6-9-17-22(18)24(29)16-8-3-2-7-15(16)23(17)28/h2-12H,13H2,1H3. The summed E-state index contributed by atoms with van der Waals surface area (Å²) in [5.41, 5.74) is 3.63. The monoisotopic (exact) mass is 408 g/mol. The second kappa shape index (κ2) is 7.25. The Labute approximate surface area is 177 Å². The number of rotatable bonds is 3. The zero-order chi connectivity index (χ0) is 21.5. The first-order valence-electron chi connectivity index (χ1n) is 9.75. The fraction of sp³-hybridized carbons (Fsp3) is 0.0800. The highest BCUT2D eigenvalue weighted by Crippen LogP contribution is 2.30. The summed E-state index contributed by atoms with van der Waals surface area (Å²) in [7, 11) is 0. The molecule has 1 aliphatic rings. The van der Waals surface area contributed by atoms with Gasteiger partial charge in [0, 0.05) is 22.3 Å². The highest BCUT2D eigenvalue weighted by molar-refractivity contribution is 6.30. The van der Waals surface area contributed by atoms with E-state index in [1.54, 1.807) is 43.3 Å². The van der Waals surface area contributed by atoms with E-state index >= 15 is 0 Å². The average molecular weight is 408 g/mol. The van der Waals surface area contributed by atoms with Crippen LogP contribution >= 0.6 is 0 Å². The summed E-state index contributed by atoms with van der Waals surface area (Å²) >= 11 is 0. The van der Waals surface area contributed by atoms with Crippen molar-refractivity contribution in [3.63, 3.8) is 0 Å². The van der Waals surface area contributed by atoms with Crippen molar-refractivity contribution in [1.29, 1.82) is 0 Å². The molecule has 1 heterocycles. The zero-order valence-corrected chi connectivity index (χ0v) is 16.6. The van der Waals surface area contributed by atoms with Crippen LogP contribution in [0.15, 0.2) is 66.7 Å². The van der Waals surface area contributed by atoms with Gasteiger partial charge in [0.25, 0.3) is 0 Å². The Balaban J connectivity index is 1.47. The van der Waals surface area contributed by atoms with E-state index in [0.717, 1.165) is 5.52 Å². The van der Waals surface area contributed by atoms with Gasteiger partial charge in [0.1, 0.15) is 6.61 Å². The third-order valence-corrected chi connectivity index (χ3v) is 5.36. The molecule has 0 fully saturated rings. The van der Waals surface area contributed by atoms with Crippen LogP contribution in [0.2, 0.25) is 0 Å². The molecule has 0 atom stereocenters. The number of hydrogen-bond acceptors (Lipinski definition) is 6. The molecule has 0 aliphatic heterocycles. The molecule has 6 heteroatoms. The minimum atomic E-state index is -0.688. The summed E-state index contributed by atoms with van der Waals surface area (Å²) in [6.45, 7) is 1.71. The molecule has 150 valence electrons. The van der Waals surface area contributed by atoms with Crippen LogP contribution in [0.25, 0.3) is 11.0 Å². The van der Waals surface area contributed by atoms with Crippen LogP contribution in [0.5, 0.6) is 0 Å². The first-order chi connectivity index (χ1) is 15.0. The number of ketones is 2. The molecule has 0 radical (unpaired) electrons. The number of benzene rings is 3. The number of ether oxygens (including phenoxy) is 1. The van der Waals surface area contributed by atoms with E-state index in [4.69, 9.17) is 4.74 Å². The molecular formula is C25H16N2O4. The third-order valence-electron chi connectivity index (χ3n) is 5.36. The quantitative estimate of drug-likeness (QED) is 0.418. The predicted octanol–water partition coefficient (Wildman–Crippen LogP) is 4.07. The maximum Gasteiger partial charge on any atom is 0.339 e. The molecule has 0 bridgehead atoms. The molecule has 31 heavy (non-hydrogen) atoms. The van der Waals surface area contributed by atoms with E-state index in [1.807, 2.05) is 24.3 Å². The average Bonchev–Trinajstić information content (AvgIpc) is 2.80. The van der Waals surface area contributed by atoms with Gasteiger partial charge in [-0.2, -0.15) is 0 Å². The van der Waals surface area contributed by atoms with Crippen molar-refractivity contribution in [3.05, 3.63) is 106 Å². The Morgan fingerprint density at radius 3 is 2.13 bits per heavy atom. The van der Waals surface area contributed by atoms with E-state index in [9.17, 15) is 14.4 Å². The Hall–Kier alpha value is -4.19. The number of hydrogen-bond donors (Lipinski definition) is 0. The first-order valence-corrected chi connectivity index (χ1v) is 9.75. The molecule has 0 saturated carbocycles. The van der Waals surface area contributed by atoms with Gasteiger partial charge < -0.3 is 4.74 Å². The van der Waals surface area contributed by atoms with E-state index < -0.39 is 5.97 Å². The van der Waals surface area contributed by atoms with Crippen molar-refractivity contribution in [1.82, 2.24) is 9.97 Å². The van der Waals surface area contributed by atoms with Crippen molar-refractivity contribution in [2.24, 2.45) is 0 Å². The molecule has 1 aliphatic carbocycles. The van der Waals surface area contributed by atoms with Gasteiger partial charge in [0.2, 0.25) is 0 Å². The second-order valence-corrected chi connectivity index (χ2v) is 7.25. The summed E-state index contributed by atoms with van der Waals surface area (Å²) in [4.78, 5) is 47.8. The summed E-state index contributed by atoms with van der Waals surface area (Å²) < 4.78 is 5.48. The van der Waals surface area contributed by atoms with E-state index in [2.05, 4.69) is 9.97 Å². The summed E-state index contributed by atoms with van der Waals surface area (Å²) in [6.07, 6.45) is 0. The normalized spacial score (nSPS) is 12.4. The lowest BCUT2D eigenvalue weighted by Gasteiger charge is -2.19. The van der Waals surface area contributed by atoms with Crippen LogP contribution in [0.1, 0.15) is 53.6 Å². The van der Waals surface area contributed by atoms with Crippen LogP contribution in [-0.2, 0) is 11.3 Å². The number of esters is 1. The van der Waals surface area contributed by atoms with Crippen molar-refractivity contribution >= 4 is 28.6 Å². The summed E-state index contributed by atoms with van der Waals surface area (Å²) in [5, 5.41) is 0. The molecule has 3 aromatic carbocycles. The second-order valence-electron chi connectivity index (χ2n) is 7.25. The van der Waals surface area contributed by atoms with Crippen molar-refractivity contribution in [2.45, 2.75) is 13.5 Å². The van der Waals surface area contributed by atoms with Gasteiger partial charge >= 0.3 is 5.97 Å². The molecule has 4 aromatic rings. The summed E-state index contributed by atoms with van der Waals surface area (Å²) in [5.74, 6) is -1.33. The smallest absolute Gasteiger partial charge is 0.339 e. The van der Waals surface area contributed by atoms with Gasteiger partial charge in [-0.25, -0.2) is 14.8 Å².